The summed E-state index contributed by atoms with van der Waals surface area (Å²) in [6, 6.07) is 8.24. The number of piperidine rings is 1. The van der Waals surface area contributed by atoms with Crippen LogP contribution >= 0.6 is 0 Å². The molecule has 40 heavy (non-hydrogen) atoms. The molecule has 1 aliphatic heterocycles. The van der Waals surface area contributed by atoms with Gasteiger partial charge in [0.25, 0.3) is 12.2 Å². The number of anilines is 1. The first kappa shape index (κ1) is 32.4. The van der Waals surface area contributed by atoms with E-state index in [1.54, 1.807) is 26.8 Å². The maximum absolute atomic E-state index is 8.52. The van der Waals surface area contributed by atoms with Gasteiger partial charge in [0.05, 0.1) is 5.60 Å². The highest BCUT2D eigenvalue weighted by atomic mass is 16.3. The van der Waals surface area contributed by atoms with Gasteiger partial charge in [-0.3, -0.25) is 4.79 Å². The Hall–Kier alpha value is -3.78. The first-order valence-electron chi connectivity index (χ1n) is 13.7. The van der Waals surface area contributed by atoms with E-state index in [9.17, 15) is 0 Å². The minimum atomic E-state index is -0.500. The predicted molar refractivity (Wildman–Crippen MR) is 165 cm³/mol. The van der Waals surface area contributed by atoms with Crippen molar-refractivity contribution >= 4 is 23.6 Å². The Kier molecular flexibility index (Phi) is 11.4. The van der Waals surface area contributed by atoms with E-state index in [0.29, 0.717) is 17.0 Å². The lowest BCUT2D eigenvalue weighted by Crippen LogP contribution is -2.39. The lowest BCUT2D eigenvalue weighted by molar-refractivity contribution is -0.122. The number of carboxylic acid groups (broad SMARTS) is 1. The molecular formula is C32H45N5O3. The number of hydrogen-bond acceptors (Lipinski definition) is 6. The van der Waals surface area contributed by atoms with Crippen LogP contribution in [0.5, 0.6) is 0 Å². The summed E-state index contributed by atoms with van der Waals surface area (Å²) in [5.41, 5.74) is 5.23. The number of aromatic nitrogens is 4. The molecule has 1 aromatic carbocycles. The first-order valence-corrected chi connectivity index (χ1v) is 13.7. The summed E-state index contributed by atoms with van der Waals surface area (Å²) in [6.07, 6.45) is 8.83. The summed E-state index contributed by atoms with van der Waals surface area (Å²) in [6.45, 7) is 23.8. The molecule has 2 N–H and O–H groups in total. The summed E-state index contributed by atoms with van der Waals surface area (Å²) in [7, 11) is 0. The standard InChI is InChI=1S/C27H33N5.C4H10O.CH2O2/c1-7-11-20(8-2)21-12-10-13-22(18-21)24-29-26-28-19(4)23(9-3)25(32(26)30-24)31-16-14-27(5,6)15-17-31;1-4(2,3)5;2-1-3/h7-8,10-13,18H,1-2,9,14-17H2,3-6H3;5H,1-3H3;1H,(H,2,3)/b20-11+;;. The summed E-state index contributed by atoms with van der Waals surface area (Å²) >= 11 is 0. The molecule has 3 aromatic rings. The van der Waals surface area contributed by atoms with Crippen molar-refractivity contribution in [2.45, 2.75) is 73.3 Å². The SMILES string of the molecule is C=C/C=C(\C=C)c1cccc(-c2nc3nc(C)c(CC)c(N4CCC(C)(C)CC4)n3n2)c1.CC(C)(C)O.O=CO. The molecule has 0 unspecified atom stereocenters. The molecule has 1 aliphatic rings. The average Bonchev–Trinajstić information content (AvgIpc) is 3.30. The van der Waals surface area contributed by atoms with Crippen molar-refractivity contribution in [2.24, 2.45) is 5.41 Å². The highest BCUT2D eigenvalue weighted by Gasteiger charge is 2.29. The monoisotopic (exact) mass is 547 g/mol. The lowest BCUT2D eigenvalue weighted by Gasteiger charge is -2.38. The molecule has 0 radical (unpaired) electrons. The molecule has 0 bridgehead atoms. The van der Waals surface area contributed by atoms with Crippen LogP contribution in [0.1, 0.15) is 71.2 Å². The Morgan fingerprint density at radius 2 is 1.75 bits per heavy atom. The number of allylic oxidation sites excluding steroid dienone is 4. The van der Waals surface area contributed by atoms with Crippen molar-refractivity contribution in [1.29, 1.82) is 0 Å². The molecule has 8 nitrogen and oxygen atoms in total. The van der Waals surface area contributed by atoms with Crippen LogP contribution in [-0.2, 0) is 11.2 Å². The van der Waals surface area contributed by atoms with Crippen molar-refractivity contribution in [3.8, 4) is 11.4 Å². The van der Waals surface area contributed by atoms with Crippen LogP contribution in [0.2, 0.25) is 0 Å². The molecule has 0 atom stereocenters. The second-order valence-electron chi connectivity index (χ2n) is 11.6. The van der Waals surface area contributed by atoms with E-state index >= 15 is 0 Å². The third-order valence-corrected chi connectivity index (χ3v) is 6.51. The molecule has 8 heteroatoms. The van der Waals surface area contributed by atoms with Gasteiger partial charge in [0.2, 0.25) is 0 Å². The Morgan fingerprint density at radius 3 is 2.27 bits per heavy atom. The number of aliphatic hydroxyl groups is 1. The van der Waals surface area contributed by atoms with Gasteiger partial charge in [-0.15, -0.1) is 5.10 Å². The second kappa shape index (κ2) is 14.0. The molecule has 0 spiro atoms. The van der Waals surface area contributed by atoms with E-state index in [4.69, 9.17) is 30.1 Å². The van der Waals surface area contributed by atoms with Crippen molar-refractivity contribution in [3.63, 3.8) is 0 Å². The zero-order chi connectivity index (χ0) is 30.1. The Bertz CT molecular complexity index is 1330. The summed E-state index contributed by atoms with van der Waals surface area (Å²) in [4.78, 5) is 20.5. The molecular weight excluding hydrogens is 502 g/mol. The topological polar surface area (TPSA) is 104 Å². The van der Waals surface area contributed by atoms with Crippen LogP contribution in [0.15, 0.2) is 55.7 Å². The van der Waals surface area contributed by atoms with Crippen LogP contribution in [-0.4, -0.2) is 55.0 Å². The fourth-order valence-electron chi connectivity index (χ4n) is 4.46. The quantitative estimate of drug-likeness (QED) is 0.267. The van der Waals surface area contributed by atoms with Gasteiger partial charge in [0, 0.05) is 29.9 Å². The number of carbonyl (C=O) groups is 1. The van der Waals surface area contributed by atoms with Gasteiger partial charge in [-0.25, -0.2) is 4.98 Å². The van der Waals surface area contributed by atoms with Crippen LogP contribution in [0.4, 0.5) is 5.82 Å². The zero-order valence-corrected chi connectivity index (χ0v) is 25.1. The molecule has 0 amide bonds. The van der Waals surface area contributed by atoms with Gasteiger partial charge in [-0.1, -0.05) is 70.4 Å². The maximum Gasteiger partial charge on any atom is 0.290 e. The van der Waals surface area contributed by atoms with Crippen LogP contribution in [0, 0.1) is 12.3 Å². The Morgan fingerprint density at radius 1 is 1.15 bits per heavy atom. The van der Waals surface area contributed by atoms with Crippen molar-refractivity contribution in [1.82, 2.24) is 19.6 Å². The number of aryl methyl sites for hydroxylation is 1. The van der Waals surface area contributed by atoms with Crippen molar-refractivity contribution in [2.75, 3.05) is 18.0 Å². The fourth-order valence-corrected chi connectivity index (χ4v) is 4.46. The molecule has 1 saturated heterocycles. The van der Waals surface area contributed by atoms with Crippen LogP contribution < -0.4 is 4.90 Å². The molecule has 0 saturated carbocycles. The Balaban J connectivity index is 0.000000621. The van der Waals surface area contributed by atoms with Gasteiger partial charge >= 0.3 is 0 Å². The number of rotatable bonds is 6. The van der Waals surface area contributed by atoms with E-state index in [1.165, 1.54) is 18.4 Å². The van der Waals surface area contributed by atoms with E-state index < -0.39 is 5.60 Å². The van der Waals surface area contributed by atoms with Crippen molar-refractivity contribution < 1.29 is 15.0 Å². The van der Waals surface area contributed by atoms with Gasteiger partial charge < -0.3 is 15.1 Å². The minimum absolute atomic E-state index is 0.250. The average molecular weight is 548 g/mol. The van der Waals surface area contributed by atoms with Gasteiger partial charge in [0.15, 0.2) is 5.82 Å². The molecule has 2 aromatic heterocycles. The molecule has 216 valence electrons. The summed E-state index contributed by atoms with van der Waals surface area (Å²) in [5, 5.41) is 20.4. The van der Waals surface area contributed by atoms with E-state index in [-0.39, 0.29) is 6.47 Å². The first-order chi connectivity index (χ1) is 18.8. The number of benzene rings is 1. The van der Waals surface area contributed by atoms with E-state index in [2.05, 4.69) is 57.9 Å². The molecule has 4 rings (SSSR count). The summed E-state index contributed by atoms with van der Waals surface area (Å²) < 4.78 is 1.96. The van der Waals surface area contributed by atoms with E-state index in [1.807, 2.05) is 28.8 Å². The van der Waals surface area contributed by atoms with Gasteiger partial charge in [0.1, 0.15) is 5.82 Å². The lowest BCUT2D eigenvalue weighted by atomic mass is 9.82. The highest BCUT2D eigenvalue weighted by Crippen LogP contribution is 2.34. The third-order valence-electron chi connectivity index (χ3n) is 6.51. The van der Waals surface area contributed by atoms with Crippen LogP contribution in [0.3, 0.4) is 0 Å². The number of fused-ring (bicyclic) bond motifs is 1. The van der Waals surface area contributed by atoms with Gasteiger partial charge in [-0.2, -0.15) is 9.50 Å². The largest absolute Gasteiger partial charge is 0.483 e. The minimum Gasteiger partial charge on any atom is -0.483 e. The number of nitrogens with zero attached hydrogens (tertiary/aromatic N) is 5. The zero-order valence-electron chi connectivity index (χ0n) is 25.1. The third kappa shape index (κ3) is 8.88. The molecule has 1 fully saturated rings. The summed E-state index contributed by atoms with van der Waals surface area (Å²) in [5.74, 6) is 2.50. The normalized spacial score (nSPS) is 14.9. The predicted octanol–water partition coefficient (Wildman–Crippen LogP) is 6.52. The number of hydrogen-bond donors (Lipinski definition) is 2. The van der Waals surface area contributed by atoms with Gasteiger partial charge in [-0.05, 0) is 69.6 Å². The fraction of sp³-hybridized carbons (Fsp3) is 0.438. The van der Waals surface area contributed by atoms with Crippen LogP contribution in [0.25, 0.3) is 22.7 Å². The highest BCUT2D eigenvalue weighted by molar-refractivity contribution is 5.77. The molecule has 0 aliphatic carbocycles. The smallest absolute Gasteiger partial charge is 0.290 e. The van der Waals surface area contributed by atoms with E-state index in [0.717, 1.165) is 47.7 Å². The maximum atomic E-state index is 8.52. The Labute approximate surface area is 238 Å². The second-order valence-corrected chi connectivity index (χ2v) is 11.6. The molecule has 3 heterocycles. The van der Waals surface area contributed by atoms with Crippen molar-refractivity contribution in [3.05, 3.63) is 72.5 Å².